The Balaban J connectivity index is 1.42. The average Bonchev–Trinajstić information content (AvgIpc) is 2.95. The Morgan fingerprint density at radius 1 is 1.13 bits per heavy atom. The summed E-state index contributed by atoms with van der Waals surface area (Å²) in [4.78, 5) is 39.0. The Morgan fingerprint density at radius 3 is 2.77 bits per heavy atom. The van der Waals surface area contributed by atoms with Gasteiger partial charge in [-0.25, -0.2) is 4.39 Å². The van der Waals surface area contributed by atoms with Gasteiger partial charge in [-0.15, -0.1) is 0 Å². The molecule has 2 aromatic rings. The minimum Gasteiger partial charge on any atom is -0.338 e. The molecule has 1 unspecified atom stereocenters. The maximum absolute atomic E-state index is 13.8. The summed E-state index contributed by atoms with van der Waals surface area (Å²) in [5, 5.41) is 5.84. The van der Waals surface area contributed by atoms with Gasteiger partial charge in [-0.1, -0.05) is 0 Å². The van der Waals surface area contributed by atoms with Gasteiger partial charge in [-0.05, 0) is 83.6 Å². The van der Waals surface area contributed by atoms with Gasteiger partial charge in [0.05, 0.1) is 10.4 Å². The highest BCUT2D eigenvalue weighted by atomic mass is 79.9. The molecule has 0 spiro atoms. The van der Waals surface area contributed by atoms with Gasteiger partial charge in [0.25, 0.3) is 5.91 Å². The van der Waals surface area contributed by atoms with Gasteiger partial charge in [0, 0.05) is 36.4 Å². The highest BCUT2D eigenvalue weighted by Crippen LogP contribution is 2.27. The molecule has 3 amide bonds. The molecule has 2 heterocycles. The van der Waals surface area contributed by atoms with E-state index in [9.17, 15) is 18.8 Å². The van der Waals surface area contributed by atoms with Crippen LogP contribution in [0.4, 0.5) is 15.8 Å². The normalized spacial score (nSPS) is 18.6. The smallest absolute Gasteiger partial charge is 0.253 e. The maximum Gasteiger partial charge on any atom is 0.253 e. The number of halogens is 2. The van der Waals surface area contributed by atoms with Crippen LogP contribution in [0, 0.1) is 11.7 Å². The number of amides is 3. The van der Waals surface area contributed by atoms with Gasteiger partial charge in [0.2, 0.25) is 11.8 Å². The monoisotopic (exact) mass is 487 g/mol. The number of nitrogens with zero attached hydrogens (tertiary/aromatic N) is 1. The van der Waals surface area contributed by atoms with Crippen molar-refractivity contribution in [1.82, 2.24) is 4.90 Å². The van der Waals surface area contributed by atoms with Crippen molar-refractivity contribution >= 4 is 45.0 Å². The second-order valence-electron chi connectivity index (χ2n) is 7.98. The van der Waals surface area contributed by atoms with E-state index in [1.807, 2.05) is 12.1 Å². The third-order valence-corrected chi connectivity index (χ3v) is 6.39. The molecule has 0 saturated carbocycles. The molecule has 6 nitrogen and oxygen atoms in total. The van der Waals surface area contributed by atoms with Gasteiger partial charge >= 0.3 is 0 Å². The second kappa shape index (κ2) is 9.18. The van der Waals surface area contributed by atoms with Crippen molar-refractivity contribution in [3.8, 4) is 0 Å². The number of carbonyl (C=O) groups excluding carboxylic acids is 3. The van der Waals surface area contributed by atoms with Gasteiger partial charge in [-0.3, -0.25) is 14.4 Å². The maximum atomic E-state index is 13.8. The molecule has 1 fully saturated rings. The largest absolute Gasteiger partial charge is 0.338 e. The van der Waals surface area contributed by atoms with Crippen molar-refractivity contribution in [1.29, 1.82) is 0 Å². The van der Waals surface area contributed by atoms with Crippen LogP contribution in [0.1, 0.15) is 41.6 Å². The number of fused-ring (bicyclic) bond motifs is 1. The van der Waals surface area contributed by atoms with E-state index in [2.05, 4.69) is 26.6 Å². The molecule has 4 rings (SSSR count). The number of nitrogens with one attached hydrogen (secondary N) is 2. The third-order valence-electron chi connectivity index (χ3n) is 5.74. The molecular weight excluding hydrogens is 465 g/mol. The summed E-state index contributed by atoms with van der Waals surface area (Å²) in [6, 6.07) is 9.79. The molecule has 31 heavy (non-hydrogen) atoms. The lowest BCUT2D eigenvalue weighted by atomic mass is 9.96. The number of hydrogen-bond acceptors (Lipinski definition) is 3. The number of benzene rings is 2. The van der Waals surface area contributed by atoms with Crippen molar-refractivity contribution in [2.75, 3.05) is 23.7 Å². The summed E-state index contributed by atoms with van der Waals surface area (Å²) in [6.07, 6.45) is 3.43. The number of aryl methyl sites for hydroxylation is 1. The minimum absolute atomic E-state index is 0.00755. The SMILES string of the molecule is O=C1CCCc2cc(NC(=O)C3CCCN(C(=O)c4ccc(Br)c(F)c4)C3)ccc2N1. The zero-order valence-electron chi connectivity index (χ0n) is 16.9. The first-order valence-electron chi connectivity index (χ1n) is 10.4. The van der Waals surface area contributed by atoms with Crippen molar-refractivity contribution in [3.05, 3.63) is 57.8 Å². The quantitative estimate of drug-likeness (QED) is 0.675. The number of piperidine rings is 1. The van der Waals surface area contributed by atoms with Gasteiger partial charge in [0.15, 0.2) is 0 Å². The molecule has 1 atom stereocenters. The van der Waals surface area contributed by atoms with Crippen LogP contribution in [-0.2, 0) is 16.0 Å². The molecule has 162 valence electrons. The summed E-state index contributed by atoms with van der Waals surface area (Å²) >= 11 is 3.09. The highest BCUT2D eigenvalue weighted by Gasteiger charge is 2.29. The predicted octanol–water partition coefficient (Wildman–Crippen LogP) is 4.35. The number of likely N-dealkylation sites (tertiary alicyclic amines) is 1. The minimum atomic E-state index is -0.489. The number of carbonyl (C=O) groups is 3. The van der Waals surface area contributed by atoms with Gasteiger partial charge < -0.3 is 15.5 Å². The number of hydrogen-bond donors (Lipinski definition) is 2. The molecular formula is C23H23BrFN3O3. The van der Waals surface area contributed by atoms with E-state index in [-0.39, 0.29) is 29.2 Å². The molecule has 0 aliphatic carbocycles. The molecule has 2 N–H and O–H groups in total. The van der Waals surface area contributed by atoms with E-state index in [1.54, 1.807) is 17.0 Å². The van der Waals surface area contributed by atoms with Crippen molar-refractivity contribution in [2.24, 2.45) is 5.92 Å². The molecule has 0 bridgehead atoms. The van der Waals surface area contributed by atoms with Crippen LogP contribution < -0.4 is 10.6 Å². The lowest BCUT2D eigenvalue weighted by molar-refractivity contribution is -0.121. The highest BCUT2D eigenvalue weighted by molar-refractivity contribution is 9.10. The second-order valence-corrected chi connectivity index (χ2v) is 8.84. The molecule has 2 aromatic carbocycles. The van der Waals surface area contributed by atoms with Crippen LogP contribution >= 0.6 is 15.9 Å². The average molecular weight is 488 g/mol. The van der Waals surface area contributed by atoms with Crippen LogP contribution in [-0.4, -0.2) is 35.7 Å². The zero-order valence-corrected chi connectivity index (χ0v) is 18.5. The van der Waals surface area contributed by atoms with Crippen LogP contribution in [0.2, 0.25) is 0 Å². The Hall–Kier alpha value is -2.74. The molecule has 0 radical (unpaired) electrons. The first-order chi connectivity index (χ1) is 14.9. The lowest BCUT2D eigenvalue weighted by Gasteiger charge is -2.32. The standard InChI is InChI=1S/C23H23BrFN3O3/c24-18-8-6-15(12-19(18)25)23(31)28-10-2-4-16(13-28)22(30)26-17-7-9-20-14(11-17)3-1-5-21(29)27-20/h6-9,11-12,16H,1-5,10,13H2,(H,26,30)(H,27,29). The summed E-state index contributed by atoms with van der Waals surface area (Å²) in [7, 11) is 0. The fourth-order valence-corrected chi connectivity index (χ4v) is 4.33. The molecule has 0 aromatic heterocycles. The summed E-state index contributed by atoms with van der Waals surface area (Å²) in [6.45, 7) is 0.836. The fourth-order valence-electron chi connectivity index (χ4n) is 4.08. The topological polar surface area (TPSA) is 78.5 Å². The van der Waals surface area contributed by atoms with Crippen molar-refractivity contribution in [2.45, 2.75) is 32.1 Å². The van der Waals surface area contributed by atoms with E-state index < -0.39 is 5.82 Å². The molecule has 2 aliphatic rings. The summed E-state index contributed by atoms with van der Waals surface area (Å²) in [5.74, 6) is -1.23. The van der Waals surface area contributed by atoms with Crippen LogP contribution in [0.15, 0.2) is 40.9 Å². The van der Waals surface area contributed by atoms with E-state index in [4.69, 9.17) is 0 Å². The Bertz CT molecular complexity index is 1040. The predicted molar refractivity (Wildman–Crippen MR) is 119 cm³/mol. The fraction of sp³-hybridized carbons (Fsp3) is 0.348. The van der Waals surface area contributed by atoms with Gasteiger partial charge in [0.1, 0.15) is 5.82 Å². The lowest BCUT2D eigenvalue weighted by Crippen LogP contribution is -2.43. The Morgan fingerprint density at radius 2 is 1.97 bits per heavy atom. The molecule has 8 heteroatoms. The van der Waals surface area contributed by atoms with Crippen molar-refractivity contribution in [3.63, 3.8) is 0 Å². The molecule has 2 aliphatic heterocycles. The van der Waals surface area contributed by atoms with Crippen LogP contribution in [0.3, 0.4) is 0 Å². The molecule has 1 saturated heterocycles. The number of anilines is 2. The first-order valence-corrected chi connectivity index (χ1v) is 11.2. The van der Waals surface area contributed by atoms with E-state index in [1.165, 1.54) is 12.1 Å². The van der Waals surface area contributed by atoms with Crippen molar-refractivity contribution < 1.29 is 18.8 Å². The number of rotatable bonds is 3. The van der Waals surface area contributed by atoms with E-state index in [0.29, 0.717) is 42.5 Å². The third kappa shape index (κ3) is 4.95. The van der Waals surface area contributed by atoms with E-state index >= 15 is 0 Å². The van der Waals surface area contributed by atoms with Gasteiger partial charge in [-0.2, -0.15) is 0 Å². The Labute approximate surface area is 188 Å². The van der Waals surface area contributed by atoms with Crippen LogP contribution in [0.25, 0.3) is 0 Å². The first kappa shape index (κ1) is 21.5. The summed E-state index contributed by atoms with van der Waals surface area (Å²) in [5.41, 5.74) is 2.74. The van der Waals surface area contributed by atoms with Crippen LogP contribution in [0.5, 0.6) is 0 Å². The summed E-state index contributed by atoms with van der Waals surface area (Å²) < 4.78 is 14.1. The zero-order chi connectivity index (χ0) is 22.0. The van der Waals surface area contributed by atoms with E-state index in [0.717, 1.165) is 24.1 Å². The Kier molecular flexibility index (Phi) is 6.36.